The molecule has 1 aliphatic heterocycles. The smallest absolute Gasteiger partial charge is 0.222 e. The second-order valence-electron chi connectivity index (χ2n) is 4.57. The molecule has 0 bridgehead atoms. The van der Waals surface area contributed by atoms with Crippen molar-refractivity contribution in [1.82, 2.24) is 9.88 Å². The van der Waals surface area contributed by atoms with Crippen molar-refractivity contribution >= 4 is 17.4 Å². The number of nitrogens with two attached hydrogens (primary N) is 1. The normalized spacial score (nSPS) is 15.8. The van der Waals surface area contributed by atoms with Gasteiger partial charge in [-0.2, -0.15) is 0 Å². The predicted octanol–water partition coefficient (Wildman–Crippen LogP) is 1.11. The number of anilines is 2. The van der Waals surface area contributed by atoms with Gasteiger partial charge < -0.3 is 15.5 Å². The Bertz CT molecular complexity index is 396. The Hall–Kier alpha value is -1.78. The van der Waals surface area contributed by atoms with Gasteiger partial charge in [0.25, 0.3) is 0 Å². The quantitative estimate of drug-likeness (QED) is 0.870. The molecule has 0 unspecified atom stereocenters. The zero-order valence-corrected chi connectivity index (χ0v) is 10.8. The van der Waals surface area contributed by atoms with E-state index in [1.54, 1.807) is 6.20 Å². The summed E-state index contributed by atoms with van der Waals surface area (Å²) in [5, 5.41) is 0. The molecule has 1 aromatic heterocycles. The van der Waals surface area contributed by atoms with Gasteiger partial charge in [0.1, 0.15) is 5.82 Å². The van der Waals surface area contributed by atoms with Gasteiger partial charge in [-0.1, -0.05) is 6.92 Å². The van der Waals surface area contributed by atoms with Crippen LogP contribution in [-0.4, -0.2) is 42.0 Å². The van der Waals surface area contributed by atoms with Crippen molar-refractivity contribution in [3.8, 4) is 0 Å². The molecule has 2 N–H and O–H groups in total. The number of pyridine rings is 1. The number of piperazine rings is 1. The maximum atomic E-state index is 11.8. The molecule has 5 heteroatoms. The Kier molecular flexibility index (Phi) is 4.02. The first-order chi connectivity index (χ1) is 8.70. The van der Waals surface area contributed by atoms with E-state index in [1.807, 2.05) is 24.0 Å². The van der Waals surface area contributed by atoms with Gasteiger partial charge in [-0.25, -0.2) is 4.98 Å². The van der Waals surface area contributed by atoms with Crippen LogP contribution in [0.25, 0.3) is 0 Å². The predicted molar refractivity (Wildman–Crippen MR) is 72.4 cm³/mol. The lowest BCUT2D eigenvalue weighted by molar-refractivity contribution is -0.131. The van der Waals surface area contributed by atoms with E-state index in [1.165, 1.54) is 0 Å². The number of nitrogens with zero attached hydrogens (tertiary/aromatic N) is 3. The first kappa shape index (κ1) is 12.7. The molecule has 2 rings (SSSR count). The fraction of sp³-hybridized carbons (Fsp3) is 0.538. The van der Waals surface area contributed by atoms with Crippen LogP contribution in [0, 0.1) is 0 Å². The largest absolute Gasteiger partial charge is 0.397 e. The molecule has 1 aliphatic rings. The Balaban J connectivity index is 1.90. The molecule has 1 aromatic rings. The number of carbonyl (C=O) groups excluding carboxylic acids is 1. The summed E-state index contributed by atoms with van der Waals surface area (Å²) < 4.78 is 0. The Morgan fingerprint density at radius 3 is 2.61 bits per heavy atom. The topological polar surface area (TPSA) is 62.5 Å². The summed E-state index contributed by atoms with van der Waals surface area (Å²) >= 11 is 0. The zero-order valence-electron chi connectivity index (χ0n) is 10.8. The molecule has 0 aromatic carbocycles. The number of aromatic nitrogens is 1. The number of carbonyl (C=O) groups is 1. The van der Waals surface area contributed by atoms with E-state index in [-0.39, 0.29) is 5.91 Å². The molecular weight excluding hydrogens is 228 g/mol. The van der Waals surface area contributed by atoms with Crippen LogP contribution < -0.4 is 10.6 Å². The average Bonchev–Trinajstić information content (AvgIpc) is 2.40. The Morgan fingerprint density at radius 1 is 1.33 bits per heavy atom. The van der Waals surface area contributed by atoms with Gasteiger partial charge >= 0.3 is 0 Å². The summed E-state index contributed by atoms with van der Waals surface area (Å²) in [6.07, 6.45) is 3.24. The van der Waals surface area contributed by atoms with Gasteiger partial charge in [-0.05, 0) is 18.6 Å². The minimum Gasteiger partial charge on any atom is -0.397 e. The summed E-state index contributed by atoms with van der Waals surface area (Å²) in [7, 11) is 0. The van der Waals surface area contributed by atoms with Crippen molar-refractivity contribution in [3.05, 3.63) is 18.3 Å². The van der Waals surface area contributed by atoms with Crippen LogP contribution in [0.3, 0.4) is 0 Å². The highest BCUT2D eigenvalue weighted by molar-refractivity contribution is 5.76. The summed E-state index contributed by atoms with van der Waals surface area (Å²) in [5.74, 6) is 1.20. The second-order valence-corrected chi connectivity index (χ2v) is 4.57. The molecule has 5 nitrogen and oxygen atoms in total. The van der Waals surface area contributed by atoms with Crippen molar-refractivity contribution in [2.45, 2.75) is 19.8 Å². The maximum absolute atomic E-state index is 11.8. The van der Waals surface area contributed by atoms with E-state index < -0.39 is 0 Å². The molecule has 98 valence electrons. The summed E-state index contributed by atoms with van der Waals surface area (Å²) in [6.45, 7) is 5.28. The van der Waals surface area contributed by atoms with Gasteiger partial charge in [0.05, 0.1) is 11.9 Å². The lowest BCUT2D eigenvalue weighted by atomic mass is 10.2. The summed E-state index contributed by atoms with van der Waals surface area (Å²) in [4.78, 5) is 20.2. The minimum absolute atomic E-state index is 0.266. The molecule has 18 heavy (non-hydrogen) atoms. The van der Waals surface area contributed by atoms with E-state index in [4.69, 9.17) is 5.73 Å². The molecule has 0 spiro atoms. The van der Waals surface area contributed by atoms with Crippen molar-refractivity contribution in [3.63, 3.8) is 0 Å². The van der Waals surface area contributed by atoms with E-state index in [9.17, 15) is 4.79 Å². The third kappa shape index (κ3) is 2.91. The fourth-order valence-corrected chi connectivity index (χ4v) is 2.14. The molecule has 0 aliphatic carbocycles. The number of rotatable bonds is 3. The number of hydrogen-bond donors (Lipinski definition) is 1. The molecular formula is C13H20N4O. The number of nitrogen functional groups attached to an aromatic ring is 1. The van der Waals surface area contributed by atoms with Crippen LogP contribution in [0.15, 0.2) is 18.3 Å². The van der Waals surface area contributed by atoms with Gasteiger partial charge in [0.2, 0.25) is 5.91 Å². The van der Waals surface area contributed by atoms with Crippen LogP contribution >= 0.6 is 0 Å². The third-order valence-electron chi connectivity index (χ3n) is 3.19. The summed E-state index contributed by atoms with van der Waals surface area (Å²) in [6, 6.07) is 3.79. The highest BCUT2D eigenvalue weighted by Gasteiger charge is 2.20. The highest BCUT2D eigenvalue weighted by atomic mass is 16.2. The minimum atomic E-state index is 0.266. The van der Waals surface area contributed by atoms with Gasteiger partial charge in [0.15, 0.2) is 0 Å². The van der Waals surface area contributed by atoms with Crippen molar-refractivity contribution in [2.24, 2.45) is 0 Å². The van der Waals surface area contributed by atoms with Crippen LogP contribution in [0.1, 0.15) is 19.8 Å². The molecule has 1 saturated heterocycles. The lowest BCUT2D eigenvalue weighted by Gasteiger charge is -2.35. The average molecular weight is 248 g/mol. The number of amides is 1. The first-order valence-electron chi connectivity index (χ1n) is 6.45. The molecule has 2 heterocycles. The molecule has 1 fully saturated rings. The molecule has 0 radical (unpaired) electrons. The van der Waals surface area contributed by atoms with E-state index in [2.05, 4.69) is 9.88 Å². The second kappa shape index (κ2) is 5.71. The van der Waals surface area contributed by atoms with Gasteiger partial charge in [0, 0.05) is 32.6 Å². The summed E-state index contributed by atoms with van der Waals surface area (Å²) in [5.41, 5.74) is 6.29. The Labute approximate surface area is 108 Å². The van der Waals surface area contributed by atoms with Crippen LogP contribution in [0.2, 0.25) is 0 Å². The van der Waals surface area contributed by atoms with Crippen molar-refractivity contribution in [2.75, 3.05) is 36.8 Å². The molecule has 0 atom stereocenters. The lowest BCUT2D eigenvalue weighted by Crippen LogP contribution is -2.49. The SMILES string of the molecule is CCCC(=O)N1CCN(c2ccc(N)cn2)CC1. The van der Waals surface area contributed by atoms with Crippen LogP contribution in [0.4, 0.5) is 11.5 Å². The highest BCUT2D eigenvalue weighted by Crippen LogP contribution is 2.15. The van der Waals surface area contributed by atoms with E-state index in [0.29, 0.717) is 12.1 Å². The monoisotopic (exact) mass is 248 g/mol. The van der Waals surface area contributed by atoms with Crippen molar-refractivity contribution < 1.29 is 4.79 Å². The van der Waals surface area contributed by atoms with E-state index in [0.717, 1.165) is 38.4 Å². The van der Waals surface area contributed by atoms with Gasteiger partial charge in [-0.15, -0.1) is 0 Å². The number of hydrogen-bond acceptors (Lipinski definition) is 4. The van der Waals surface area contributed by atoms with Crippen molar-refractivity contribution in [1.29, 1.82) is 0 Å². The van der Waals surface area contributed by atoms with E-state index >= 15 is 0 Å². The fourth-order valence-electron chi connectivity index (χ4n) is 2.14. The standard InChI is InChI=1S/C13H20N4O/c1-2-3-13(18)17-8-6-16(7-9-17)12-5-4-11(14)10-15-12/h4-5,10H,2-3,6-9,14H2,1H3. The first-order valence-corrected chi connectivity index (χ1v) is 6.45. The third-order valence-corrected chi connectivity index (χ3v) is 3.19. The maximum Gasteiger partial charge on any atom is 0.222 e. The van der Waals surface area contributed by atoms with Crippen LogP contribution in [0.5, 0.6) is 0 Å². The molecule has 0 saturated carbocycles. The molecule has 1 amide bonds. The van der Waals surface area contributed by atoms with Gasteiger partial charge in [-0.3, -0.25) is 4.79 Å². The van der Waals surface area contributed by atoms with Crippen LogP contribution in [-0.2, 0) is 4.79 Å². The zero-order chi connectivity index (χ0) is 13.0. The Morgan fingerprint density at radius 2 is 2.06 bits per heavy atom.